The van der Waals surface area contributed by atoms with Crippen LogP contribution < -0.4 is 5.32 Å². The third-order valence-corrected chi connectivity index (χ3v) is 4.51. The molecule has 1 saturated heterocycles. The number of ether oxygens (including phenoxy) is 1. The van der Waals surface area contributed by atoms with Crippen LogP contribution in [-0.2, 0) is 4.74 Å². The predicted octanol–water partition coefficient (Wildman–Crippen LogP) is 2.42. The summed E-state index contributed by atoms with van der Waals surface area (Å²) in [5.41, 5.74) is 0.200. The molecule has 1 fully saturated rings. The summed E-state index contributed by atoms with van der Waals surface area (Å²) in [5.74, 6) is 0. The molecule has 1 N–H and O–H groups in total. The van der Waals surface area contributed by atoms with Gasteiger partial charge in [0.25, 0.3) is 0 Å². The molecule has 0 saturated carbocycles. The van der Waals surface area contributed by atoms with Crippen LogP contribution in [0.25, 0.3) is 0 Å². The fourth-order valence-electron chi connectivity index (χ4n) is 2.16. The van der Waals surface area contributed by atoms with Crippen molar-refractivity contribution in [3.63, 3.8) is 0 Å². The summed E-state index contributed by atoms with van der Waals surface area (Å²) >= 11 is 1.93. The molecule has 0 amide bonds. The fraction of sp³-hybridized carbons (Fsp3) is 0.917. The van der Waals surface area contributed by atoms with Crippen molar-refractivity contribution in [3.05, 3.63) is 0 Å². The lowest BCUT2D eigenvalue weighted by molar-refractivity contribution is 0.0528. The second kappa shape index (κ2) is 5.41. The first kappa shape index (κ1) is 12.2. The highest BCUT2D eigenvalue weighted by Gasteiger charge is 2.30. The lowest BCUT2D eigenvalue weighted by atomic mass is 9.93. The number of thioether (sulfide) groups is 1. The van der Waals surface area contributed by atoms with Crippen LogP contribution in [0, 0.1) is 0 Å². The highest BCUT2D eigenvalue weighted by atomic mass is 32.2. The third-order valence-electron chi connectivity index (χ3n) is 3.33. The maximum Gasteiger partial charge on any atom is 0.157 e. The molecule has 0 aliphatic carbocycles. The Hall–Kier alpha value is -0.220. The summed E-state index contributed by atoms with van der Waals surface area (Å²) in [6.07, 6.45) is 4.71. The smallest absolute Gasteiger partial charge is 0.157 e. The van der Waals surface area contributed by atoms with Gasteiger partial charge in [0.05, 0.1) is 6.54 Å². The van der Waals surface area contributed by atoms with E-state index < -0.39 is 0 Å². The van der Waals surface area contributed by atoms with E-state index in [1.807, 2.05) is 11.8 Å². The molecule has 2 aliphatic heterocycles. The van der Waals surface area contributed by atoms with Crippen LogP contribution in [-0.4, -0.2) is 35.7 Å². The van der Waals surface area contributed by atoms with Gasteiger partial charge in [0.15, 0.2) is 5.17 Å². The number of hydrogen-bond donors (Lipinski definition) is 1. The van der Waals surface area contributed by atoms with Crippen molar-refractivity contribution >= 4 is 16.9 Å². The number of amidine groups is 1. The normalized spacial score (nSPS) is 28.9. The molecule has 1 atom stereocenters. The summed E-state index contributed by atoms with van der Waals surface area (Å²) in [6, 6.07) is 0. The van der Waals surface area contributed by atoms with Gasteiger partial charge < -0.3 is 10.1 Å². The molecular formula is C12H22N2OS. The van der Waals surface area contributed by atoms with E-state index >= 15 is 0 Å². The molecule has 2 heterocycles. The maximum absolute atomic E-state index is 5.40. The van der Waals surface area contributed by atoms with Gasteiger partial charge in [0, 0.05) is 24.0 Å². The minimum Gasteiger partial charge on any atom is -0.381 e. The monoisotopic (exact) mass is 242 g/mol. The third kappa shape index (κ3) is 3.14. The summed E-state index contributed by atoms with van der Waals surface area (Å²) in [4.78, 5) is 4.60. The maximum atomic E-state index is 5.40. The van der Waals surface area contributed by atoms with Gasteiger partial charge in [-0.3, -0.25) is 4.99 Å². The number of nitrogens with one attached hydrogen (secondary N) is 1. The summed E-state index contributed by atoms with van der Waals surface area (Å²) < 4.78 is 5.40. The first-order valence-electron chi connectivity index (χ1n) is 6.29. The average molecular weight is 242 g/mol. The van der Waals surface area contributed by atoms with E-state index in [9.17, 15) is 0 Å². The van der Waals surface area contributed by atoms with E-state index in [0.717, 1.165) is 37.8 Å². The average Bonchev–Trinajstić information content (AvgIpc) is 2.66. The van der Waals surface area contributed by atoms with Gasteiger partial charge in [-0.15, -0.1) is 0 Å². The van der Waals surface area contributed by atoms with Crippen molar-refractivity contribution in [2.45, 2.75) is 50.3 Å². The lowest BCUT2D eigenvalue weighted by Crippen LogP contribution is -2.48. The van der Waals surface area contributed by atoms with Crippen molar-refractivity contribution in [2.75, 3.05) is 19.8 Å². The number of aliphatic imine (C=N–C) groups is 1. The zero-order valence-corrected chi connectivity index (χ0v) is 11.1. The molecule has 0 aromatic carbocycles. The van der Waals surface area contributed by atoms with Crippen LogP contribution in [0.3, 0.4) is 0 Å². The minimum atomic E-state index is 0.200. The van der Waals surface area contributed by atoms with E-state index in [0.29, 0.717) is 5.25 Å². The quantitative estimate of drug-likeness (QED) is 0.825. The first-order chi connectivity index (χ1) is 7.72. The molecule has 2 aliphatic rings. The summed E-state index contributed by atoms with van der Waals surface area (Å²) in [5, 5.41) is 5.48. The second-order valence-electron chi connectivity index (χ2n) is 4.97. The van der Waals surface area contributed by atoms with Crippen LogP contribution >= 0.6 is 11.8 Å². The zero-order valence-electron chi connectivity index (χ0n) is 10.3. The molecule has 1 unspecified atom stereocenters. The molecule has 16 heavy (non-hydrogen) atoms. The van der Waals surface area contributed by atoms with E-state index in [1.54, 1.807) is 0 Å². The van der Waals surface area contributed by atoms with Gasteiger partial charge in [-0.05, 0) is 26.2 Å². The van der Waals surface area contributed by atoms with E-state index in [2.05, 4.69) is 24.2 Å². The zero-order chi connectivity index (χ0) is 11.4. The highest BCUT2D eigenvalue weighted by molar-refractivity contribution is 8.14. The van der Waals surface area contributed by atoms with Gasteiger partial charge >= 0.3 is 0 Å². The van der Waals surface area contributed by atoms with Crippen LogP contribution in [0.1, 0.15) is 39.5 Å². The molecule has 92 valence electrons. The predicted molar refractivity (Wildman–Crippen MR) is 70.2 cm³/mol. The Balaban J connectivity index is 1.81. The van der Waals surface area contributed by atoms with Crippen LogP contribution in [0.4, 0.5) is 0 Å². The van der Waals surface area contributed by atoms with E-state index in [1.165, 1.54) is 12.8 Å². The van der Waals surface area contributed by atoms with Gasteiger partial charge in [0.2, 0.25) is 0 Å². The van der Waals surface area contributed by atoms with Gasteiger partial charge in [-0.2, -0.15) is 0 Å². The molecule has 0 aromatic heterocycles. The Morgan fingerprint density at radius 3 is 2.94 bits per heavy atom. The Morgan fingerprint density at radius 2 is 2.25 bits per heavy atom. The Morgan fingerprint density at radius 1 is 1.50 bits per heavy atom. The van der Waals surface area contributed by atoms with Gasteiger partial charge in [-0.1, -0.05) is 25.1 Å². The Labute approximate surface area is 102 Å². The SMILES string of the molecule is CCCC1CN=C(NC2(C)CCOCC2)S1. The lowest BCUT2D eigenvalue weighted by Gasteiger charge is -2.35. The summed E-state index contributed by atoms with van der Waals surface area (Å²) in [7, 11) is 0. The van der Waals surface area contributed by atoms with Crippen molar-refractivity contribution in [2.24, 2.45) is 4.99 Å². The molecule has 0 bridgehead atoms. The van der Waals surface area contributed by atoms with Gasteiger partial charge in [-0.25, -0.2) is 0 Å². The van der Waals surface area contributed by atoms with Crippen molar-refractivity contribution in [1.29, 1.82) is 0 Å². The number of nitrogens with zero attached hydrogens (tertiary/aromatic N) is 1. The number of rotatable bonds is 3. The molecule has 0 radical (unpaired) electrons. The van der Waals surface area contributed by atoms with Crippen LogP contribution in [0.2, 0.25) is 0 Å². The minimum absolute atomic E-state index is 0.200. The van der Waals surface area contributed by atoms with Crippen LogP contribution in [0.5, 0.6) is 0 Å². The Bertz CT molecular complexity index is 262. The summed E-state index contributed by atoms with van der Waals surface area (Å²) in [6.45, 7) is 7.27. The van der Waals surface area contributed by atoms with Crippen molar-refractivity contribution in [1.82, 2.24) is 5.32 Å². The van der Waals surface area contributed by atoms with E-state index in [4.69, 9.17) is 4.74 Å². The molecule has 0 aromatic rings. The molecule has 3 nitrogen and oxygen atoms in total. The standard InChI is InChI=1S/C12H22N2OS/c1-3-4-10-9-13-11(16-10)14-12(2)5-7-15-8-6-12/h10H,3-9H2,1-2H3,(H,13,14). The molecule has 0 spiro atoms. The molecule has 2 rings (SSSR count). The number of hydrogen-bond acceptors (Lipinski definition) is 4. The second-order valence-corrected chi connectivity index (χ2v) is 6.26. The van der Waals surface area contributed by atoms with E-state index in [-0.39, 0.29) is 5.54 Å². The van der Waals surface area contributed by atoms with Gasteiger partial charge in [0.1, 0.15) is 0 Å². The first-order valence-corrected chi connectivity index (χ1v) is 7.17. The highest BCUT2D eigenvalue weighted by Crippen LogP contribution is 2.27. The topological polar surface area (TPSA) is 33.6 Å². The van der Waals surface area contributed by atoms with Crippen molar-refractivity contribution in [3.8, 4) is 0 Å². The van der Waals surface area contributed by atoms with Crippen molar-refractivity contribution < 1.29 is 4.74 Å². The largest absolute Gasteiger partial charge is 0.381 e. The van der Waals surface area contributed by atoms with Crippen LogP contribution in [0.15, 0.2) is 4.99 Å². The molecular weight excluding hydrogens is 220 g/mol. The Kier molecular flexibility index (Phi) is 4.14. The molecule has 4 heteroatoms. The fourth-order valence-corrected chi connectivity index (χ4v) is 3.44.